The van der Waals surface area contributed by atoms with Crippen LogP contribution in [-0.2, 0) is 9.59 Å². The molecular formula is C17H22N4O2. The van der Waals surface area contributed by atoms with Crippen molar-refractivity contribution in [3.63, 3.8) is 0 Å². The number of anilines is 2. The number of pyridine rings is 1. The van der Waals surface area contributed by atoms with Crippen LogP contribution in [-0.4, -0.2) is 47.9 Å². The van der Waals surface area contributed by atoms with Gasteiger partial charge in [-0.3, -0.25) is 9.59 Å². The summed E-state index contributed by atoms with van der Waals surface area (Å²) in [5.74, 6) is 1.84. The lowest BCUT2D eigenvalue weighted by atomic mass is 10.2. The molecule has 1 aliphatic heterocycles. The van der Waals surface area contributed by atoms with Crippen LogP contribution >= 0.6 is 0 Å². The zero-order chi connectivity index (χ0) is 15.8. The lowest BCUT2D eigenvalue weighted by molar-refractivity contribution is -0.132. The Kier molecular flexibility index (Phi) is 3.67. The van der Waals surface area contributed by atoms with Crippen LogP contribution in [0.4, 0.5) is 11.5 Å². The normalized spacial score (nSPS) is 21.2. The molecule has 0 unspecified atom stereocenters. The highest BCUT2D eigenvalue weighted by atomic mass is 16.2. The smallest absolute Gasteiger partial charge is 0.227 e. The van der Waals surface area contributed by atoms with Crippen LogP contribution in [0.1, 0.15) is 25.7 Å². The molecule has 122 valence electrons. The first-order valence-electron chi connectivity index (χ1n) is 8.51. The average Bonchev–Trinajstić information content (AvgIpc) is 3.48. The molecule has 0 atom stereocenters. The van der Waals surface area contributed by atoms with Crippen LogP contribution in [0.5, 0.6) is 0 Å². The van der Waals surface area contributed by atoms with Crippen LogP contribution < -0.4 is 10.2 Å². The number of carbonyl (C=O) groups is 2. The summed E-state index contributed by atoms with van der Waals surface area (Å²) < 4.78 is 0. The average molecular weight is 314 g/mol. The fourth-order valence-electron chi connectivity index (χ4n) is 2.98. The zero-order valence-corrected chi connectivity index (χ0v) is 13.2. The molecule has 0 radical (unpaired) electrons. The highest BCUT2D eigenvalue weighted by Gasteiger charge is 2.34. The molecule has 2 saturated carbocycles. The molecule has 2 aliphatic carbocycles. The van der Waals surface area contributed by atoms with Gasteiger partial charge in [0.2, 0.25) is 11.8 Å². The summed E-state index contributed by atoms with van der Waals surface area (Å²) in [4.78, 5) is 32.4. The number of carbonyl (C=O) groups excluding carboxylic acids is 2. The largest absolute Gasteiger partial charge is 0.353 e. The molecule has 0 bridgehead atoms. The van der Waals surface area contributed by atoms with E-state index in [1.54, 1.807) is 6.20 Å². The van der Waals surface area contributed by atoms with Gasteiger partial charge in [-0.1, -0.05) is 0 Å². The monoisotopic (exact) mass is 314 g/mol. The Morgan fingerprint density at radius 2 is 1.70 bits per heavy atom. The fourth-order valence-corrected chi connectivity index (χ4v) is 2.98. The highest BCUT2D eigenvalue weighted by Crippen LogP contribution is 2.32. The van der Waals surface area contributed by atoms with Gasteiger partial charge in [-0.25, -0.2) is 4.98 Å². The Balaban J connectivity index is 1.31. The summed E-state index contributed by atoms with van der Waals surface area (Å²) in [6.45, 7) is 3.19. The van der Waals surface area contributed by atoms with E-state index in [9.17, 15) is 9.59 Å². The van der Waals surface area contributed by atoms with Crippen molar-refractivity contribution in [3.05, 3.63) is 18.3 Å². The molecule has 1 aromatic heterocycles. The first kappa shape index (κ1) is 14.5. The number of nitrogens with one attached hydrogen (secondary N) is 1. The van der Waals surface area contributed by atoms with Gasteiger partial charge in [0.25, 0.3) is 0 Å². The van der Waals surface area contributed by atoms with Crippen molar-refractivity contribution in [2.45, 2.75) is 25.7 Å². The number of rotatable bonds is 4. The quantitative estimate of drug-likeness (QED) is 0.914. The van der Waals surface area contributed by atoms with Crippen LogP contribution in [0.3, 0.4) is 0 Å². The van der Waals surface area contributed by atoms with E-state index in [1.807, 2.05) is 17.0 Å². The van der Waals surface area contributed by atoms with E-state index >= 15 is 0 Å². The maximum absolute atomic E-state index is 12.1. The molecule has 1 saturated heterocycles. The Hall–Kier alpha value is -2.11. The summed E-state index contributed by atoms with van der Waals surface area (Å²) in [7, 11) is 0. The SMILES string of the molecule is O=C(Nc1ccc(N2CCN(C(=O)C3CC3)CC2)nc1)C1CC1. The van der Waals surface area contributed by atoms with E-state index in [-0.39, 0.29) is 11.8 Å². The van der Waals surface area contributed by atoms with Crippen LogP contribution in [0.15, 0.2) is 18.3 Å². The molecule has 6 heteroatoms. The Morgan fingerprint density at radius 3 is 2.26 bits per heavy atom. The topological polar surface area (TPSA) is 65.5 Å². The summed E-state index contributed by atoms with van der Waals surface area (Å²) in [6.07, 6.45) is 5.85. The van der Waals surface area contributed by atoms with E-state index in [1.165, 1.54) is 0 Å². The van der Waals surface area contributed by atoms with Crippen molar-refractivity contribution in [2.75, 3.05) is 36.4 Å². The molecule has 1 aromatic rings. The predicted octanol–water partition coefficient (Wildman–Crippen LogP) is 1.49. The van der Waals surface area contributed by atoms with E-state index in [0.29, 0.717) is 11.8 Å². The van der Waals surface area contributed by atoms with Crippen LogP contribution in [0.2, 0.25) is 0 Å². The lowest BCUT2D eigenvalue weighted by Crippen LogP contribution is -2.49. The number of nitrogens with zero attached hydrogens (tertiary/aromatic N) is 3. The third-order valence-electron chi connectivity index (χ3n) is 4.81. The molecular weight excluding hydrogens is 292 g/mol. The van der Waals surface area contributed by atoms with Crippen molar-refractivity contribution >= 4 is 23.3 Å². The lowest BCUT2D eigenvalue weighted by Gasteiger charge is -2.35. The number of hydrogen-bond donors (Lipinski definition) is 1. The van der Waals surface area contributed by atoms with E-state index in [0.717, 1.165) is 63.4 Å². The third-order valence-corrected chi connectivity index (χ3v) is 4.81. The Labute approximate surface area is 135 Å². The summed E-state index contributed by atoms with van der Waals surface area (Å²) in [5, 5.41) is 2.90. The molecule has 6 nitrogen and oxygen atoms in total. The molecule has 4 rings (SSSR count). The molecule has 23 heavy (non-hydrogen) atoms. The Bertz CT molecular complexity index is 600. The summed E-state index contributed by atoms with van der Waals surface area (Å²) in [5.41, 5.74) is 0.758. The van der Waals surface area contributed by atoms with Gasteiger partial charge in [0.05, 0.1) is 11.9 Å². The van der Waals surface area contributed by atoms with Gasteiger partial charge in [0.1, 0.15) is 5.82 Å². The van der Waals surface area contributed by atoms with Gasteiger partial charge in [-0.05, 0) is 37.8 Å². The third kappa shape index (κ3) is 3.30. The van der Waals surface area contributed by atoms with Crippen LogP contribution in [0, 0.1) is 11.8 Å². The second-order valence-electron chi connectivity index (χ2n) is 6.76. The molecule has 2 amide bonds. The number of aromatic nitrogens is 1. The second-order valence-corrected chi connectivity index (χ2v) is 6.76. The molecule has 3 fully saturated rings. The van der Waals surface area contributed by atoms with Crippen molar-refractivity contribution in [3.8, 4) is 0 Å². The summed E-state index contributed by atoms with van der Waals surface area (Å²) >= 11 is 0. The second kappa shape index (κ2) is 5.83. The predicted molar refractivity (Wildman–Crippen MR) is 87.1 cm³/mol. The van der Waals surface area contributed by atoms with Gasteiger partial charge in [0, 0.05) is 38.0 Å². The van der Waals surface area contributed by atoms with E-state index in [2.05, 4.69) is 15.2 Å². The maximum atomic E-state index is 12.1. The number of piperazine rings is 1. The van der Waals surface area contributed by atoms with Crippen LogP contribution in [0.25, 0.3) is 0 Å². The van der Waals surface area contributed by atoms with Crippen molar-refractivity contribution < 1.29 is 9.59 Å². The van der Waals surface area contributed by atoms with E-state index < -0.39 is 0 Å². The maximum Gasteiger partial charge on any atom is 0.227 e. The first-order chi connectivity index (χ1) is 11.2. The van der Waals surface area contributed by atoms with Crippen molar-refractivity contribution in [2.24, 2.45) is 11.8 Å². The number of hydrogen-bond acceptors (Lipinski definition) is 4. The molecule has 3 aliphatic rings. The minimum absolute atomic E-state index is 0.103. The van der Waals surface area contributed by atoms with Crippen molar-refractivity contribution in [1.29, 1.82) is 0 Å². The van der Waals surface area contributed by atoms with Gasteiger partial charge >= 0.3 is 0 Å². The minimum Gasteiger partial charge on any atom is -0.353 e. The molecule has 0 aromatic carbocycles. The number of amides is 2. The standard InChI is InChI=1S/C17H22N4O2/c22-16(12-1-2-12)19-14-5-6-15(18-11-14)20-7-9-21(10-8-20)17(23)13-3-4-13/h5-6,11-13H,1-4,7-10H2,(H,19,22). The van der Waals surface area contributed by atoms with Gasteiger partial charge in [-0.15, -0.1) is 0 Å². The molecule has 1 N–H and O–H groups in total. The highest BCUT2D eigenvalue weighted by molar-refractivity contribution is 5.93. The first-order valence-corrected chi connectivity index (χ1v) is 8.51. The Morgan fingerprint density at radius 1 is 1.00 bits per heavy atom. The van der Waals surface area contributed by atoms with E-state index in [4.69, 9.17) is 0 Å². The zero-order valence-electron chi connectivity index (χ0n) is 13.2. The van der Waals surface area contributed by atoms with Gasteiger partial charge < -0.3 is 15.1 Å². The molecule has 0 spiro atoms. The molecule has 2 heterocycles. The van der Waals surface area contributed by atoms with Crippen molar-refractivity contribution in [1.82, 2.24) is 9.88 Å². The fraction of sp³-hybridized carbons (Fsp3) is 0.588. The van der Waals surface area contributed by atoms with Gasteiger partial charge in [-0.2, -0.15) is 0 Å². The minimum atomic E-state index is 0.103. The van der Waals surface area contributed by atoms with Gasteiger partial charge in [0.15, 0.2) is 0 Å². The summed E-state index contributed by atoms with van der Waals surface area (Å²) in [6, 6.07) is 3.85.